The van der Waals surface area contributed by atoms with E-state index in [2.05, 4.69) is 19.2 Å². The van der Waals surface area contributed by atoms with Gasteiger partial charge in [-0.3, -0.25) is 4.79 Å². The number of ether oxygens (including phenoxy) is 2. The lowest BCUT2D eigenvalue weighted by atomic mass is 9.85. The summed E-state index contributed by atoms with van der Waals surface area (Å²) >= 11 is 0. The summed E-state index contributed by atoms with van der Waals surface area (Å²) in [4.78, 5) is 12.3. The highest BCUT2D eigenvalue weighted by Gasteiger charge is 2.24. The molecule has 0 aromatic heterocycles. The zero-order valence-electron chi connectivity index (χ0n) is 14.2. The summed E-state index contributed by atoms with van der Waals surface area (Å²) in [6, 6.07) is 6.01. The monoisotopic (exact) mass is 305 g/mol. The number of nitrogens with one attached hydrogen (secondary N) is 1. The Labute approximate surface area is 133 Å². The van der Waals surface area contributed by atoms with E-state index in [0.29, 0.717) is 25.6 Å². The lowest BCUT2D eigenvalue weighted by Gasteiger charge is -2.26. The molecule has 0 saturated heterocycles. The van der Waals surface area contributed by atoms with Gasteiger partial charge in [-0.15, -0.1) is 0 Å². The fourth-order valence-corrected chi connectivity index (χ4v) is 2.70. The van der Waals surface area contributed by atoms with E-state index in [1.807, 2.05) is 39.0 Å². The highest BCUT2D eigenvalue weighted by Crippen LogP contribution is 2.36. The summed E-state index contributed by atoms with van der Waals surface area (Å²) in [5, 5.41) is 3.04. The van der Waals surface area contributed by atoms with Crippen LogP contribution in [0.2, 0.25) is 0 Å². The average Bonchev–Trinajstić information content (AvgIpc) is 2.42. The van der Waals surface area contributed by atoms with Gasteiger partial charge in [0.1, 0.15) is 13.2 Å². The first kappa shape index (κ1) is 16.7. The second kappa shape index (κ2) is 6.59. The second-order valence-electron chi connectivity index (χ2n) is 7.26. The molecule has 1 heterocycles. The molecule has 0 spiro atoms. The first-order valence-electron chi connectivity index (χ1n) is 7.97. The largest absolute Gasteiger partial charge is 0.486 e. The molecule has 1 aliphatic rings. The minimum Gasteiger partial charge on any atom is -0.486 e. The van der Waals surface area contributed by atoms with Crippen molar-refractivity contribution in [3.8, 4) is 11.5 Å². The molecule has 0 radical (unpaired) electrons. The van der Waals surface area contributed by atoms with Crippen molar-refractivity contribution in [2.45, 2.75) is 52.5 Å². The van der Waals surface area contributed by atoms with E-state index in [0.717, 1.165) is 17.1 Å². The minimum absolute atomic E-state index is 0.0843. The van der Waals surface area contributed by atoms with Gasteiger partial charge in [-0.2, -0.15) is 0 Å². The van der Waals surface area contributed by atoms with Crippen molar-refractivity contribution < 1.29 is 14.3 Å². The summed E-state index contributed by atoms with van der Waals surface area (Å²) in [5.74, 6) is 2.19. The van der Waals surface area contributed by atoms with Crippen LogP contribution in [0.25, 0.3) is 0 Å². The van der Waals surface area contributed by atoms with E-state index in [4.69, 9.17) is 9.47 Å². The highest BCUT2D eigenvalue weighted by atomic mass is 16.6. The molecule has 1 aromatic rings. The molecule has 2 rings (SSSR count). The summed E-state index contributed by atoms with van der Waals surface area (Å²) < 4.78 is 11.2. The van der Waals surface area contributed by atoms with Crippen molar-refractivity contribution in [1.82, 2.24) is 5.32 Å². The molecule has 0 aliphatic carbocycles. The molecule has 4 heteroatoms. The average molecular weight is 305 g/mol. The van der Waals surface area contributed by atoms with Gasteiger partial charge in [0.25, 0.3) is 0 Å². The van der Waals surface area contributed by atoms with E-state index in [1.165, 1.54) is 0 Å². The lowest BCUT2D eigenvalue weighted by molar-refractivity contribution is -0.123. The smallest absolute Gasteiger partial charge is 0.221 e. The molecular formula is C18H27NO3. The van der Waals surface area contributed by atoms with Gasteiger partial charge in [0, 0.05) is 12.0 Å². The van der Waals surface area contributed by atoms with Crippen LogP contribution in [0.15, 0.2) is 18.2 Å². The zero-order valence-corrected chi connectivity index (χ0v) is 14.2. The Morgan fingerprint density at radius 3 is 2.41 bits per heavy atom. The number of hydrogen-bond donors (Lipinski definition) is 1. The topological polar surface area (TPSA) is 47.6 Å². The molecule has 22 heavy (non-hydrogen) atoms. The quantitative estimate of drug-likeness (QED) is 0.926. The van der Waals surface area contributed by atoms with Crippen molar-refractivity contribution in [3.63, 3.8) is 0 Å². The van der Waals surface area contributed by atoms with E-state index in [1.54, 1.807) is 0 Å². The number of hydrogen-bond acceptors (Lipinski definition) is 3. The lowest BCUT2D eigenvalue weighted by Crippen LogP contribution is -2.41. The summed E-state index contributed by atoms with van der Waals surface area (Å²) in [7, 11) is 0. The zero-order chi connectivity index (χ0) is 16.3. The van der Waals surface area contributed by atoms with Crippen LogP contribution in [0, 0.1) is 5.92 Å². The predicted molar refractivity (Wildman–Crippen MR) is 87.5 cm³/mol. The molecule has 1 atom stereocenters. The Balaban J connectivity index is 2.16. The van der Waals surface area contributed by atoms with Crippen molar-refractivity contribution in [1.29, 1.82) is 0 Å². The van der Waals surface area contributed by atoms with Gasteiger partial charge in [0.15, 0.2) is 11.5 Å². The highest BCUT2D eigenvalue weighted by molar-refractivity contribution is 5.77. The Hall–Kier alpha value is -1.71. The molecule has 1 amide bonds. The molecule has 1 aliphatic heterocycles. The minimum atomic E-state index is -0.203. The van der Waals surface area contributed by atoms with Crippen molar-refractivity contribution in [3.05, 3.63) is 23.8 Å². The molecule has 4 nitrogen and oxygen atoms in total. The summed E-state index contributed by atoms with van der Waals surface area (Å²) in [5.41, 5.74) is 0.925. The van der Waals surface area contributed by atoms with Crippen LogP contribution >= 0.6 is 0 Å². The number of benzene rings is 1. The predicted octanol–water partition coefficient (Wildman–Crippen LogP) is 3.50. The van der Waals surface area contributed by atoms with Crippen molar-refractivity contribution in [2.24, 2.45) is 5.92 Å². The Morgan fingerprint density at radius 2 is 1.82 bits per heavy atom. The van der Waals surface area contributed by atoms with Crippen LogP contribution in [0.4, 0.5) is 0 Å². The first-order valence-corrected chi connectivity index (χ1v) is 7.97. The normalized spacial score (nSPS) is 15.5. The van der Waals surface area contributed by atoms with E-state index < -0.39 is 0 Å². The maximum atomic E-state index is 12.3. The third-order valence-corrected chi connectivity index (χ3v) is 3.72. The van der Waals surface area contributed by atoms with Crippen LogP contribution in [-0.2, 0) is 4.79 Å². The second-order valence-corrected chi connectivity index (χ2v) is 7.26. The fourth-order valence-electron chi connectivity index (χ4n) is 2.70. The number of amides is 1. The van der Waals surface area contributed by atoms with E-state index >= 15 is 0 Å². The SMILES string of the molecule is CC(C)C(CC(=O)NC(C)(C)C)c1ccc2c(c1)OCCO2. The maximum Gasteiger partial charge on any atom is 0.221 e. The van der Waals surface area contributed by atoms with Gasteiger partial charge in [0.05, 0.1) is 0 Å². The Kier molecular flexibility index (Phi) is 4.99. The Morgan fingerprint density at radius 1 is 1.18 bits per heavy atom. The third-order valence-electron chi connectivity index (χ3n) is 3.72. The van der Waals surface area contributed by atoms with Gasteiger partial charge < -0.3 is 14.8 Å². The van der Waals surface area contributed by atoms with Gasteiger partial charge in [0.2, 0.25) is 5.91 Å². The number of carbonyl (C=O) groups excluding carboxylic acids is 1. The molecule has 1 aromatic carbocycles. The fraction of sp³-hybridized carbons (Fsp3) is 0.611. The van der Waals surface area contributed by atoms with Crippen LogP contribution in [0.3, 0.4) is 0 Å². The van der Waals surface area contributed by atoms with E-state index in [-0.39, 0.29) is 17.4 Å². The van der Waals surface area contributed by atoms with Crippen LogP contribution in [0.5, 0.6) is 11.5 Å². The molecule has 0 bridgehead atoms. The number of rotatable bonds is 4. The molecule has 122 valence electrons. The molecule has 0 saturated carbocycles. The van der Waals surface area contributed by atoms with Gasteiger partial charge in [-0.05, 0) is 50.3 Å². The standard InChI is InChI=1S/C18H27NO3/c1-12(2)14(11-17(20)19-18(3,4)5)13-6-7-15-16(10-13)22-9-8-21-15/h6-7,10,12,14H,8-9,11H2,1-5H3,(H,19,20). The van der Waals surface area contributed by atoms with Crippen LogP contribution in [0.1, 0.15) is 52.5 Å². The maximum absolute atomic E-state index is 12.3. The van der Waals surface area contributed by atoms with Crippen LogP contribution in [-0.4, -0.2) is 24.7 Å². The van der Waals surface area contributed by atoms with Gasteiger partial charge in [-0.1, -0.05) is 19.9 Å². The summed E-state index contributed by atoms with van der Waals surface area (Å²) in [6.45, 7) is 11.5. The molecule has 1 N–H and O–H groups in total. The van der Waals surface area contributed by atoms with Crippen molar-refractivity contribution in [2.75, 3.05) is 13.2 Å². The molecule has 1 unspecified atom stereocenters. The van der Waals surface area contributed by atoms with Gasteiger partial charge in [-0.25, -0.2) is 0 Å². The molecule has 0 fully saturated rings. The van der Waals surface area contributed by atoms with Gasteiger partial charge >= 0.3 is 0 Å². The number of fused-ring (bicyclic) bond motifs is 1. The van der Waals surface area contributed by atoms with Crippen LogP contribution < -0.4 is 14.8 Å². The van der Waals surface area contributed by atoms with E-state index in [9.17, 15) is 4.79 Å². The summed E-state index contributed by atoms with van der Waals surface area (Å²) in [6.07, 6.45) is 0.481. The Bertz CT molecular complexity index is 532. The molecular weight excluding hydrogens is 278 g/mol. The first-order chi connectivity index (χ1) is 10.3. The third kappa shape index (κ3) is 4.39. The number of carbonyl (C=O) groups is 1. The van der Waals surface area contributed by atoms with Crippen molar-refractivity contribution >= 4 is 5.91 Å².